The van der Waals surface area contributed by atoms with E-state index in [-0.39, 0.29) is 5.91 Å². The zero-order chi connectivity index (χ0) is 14.5. The van der Waals surface area contributed by atoms with Crippen molar-refractivity contribution in [2.45, 2.75) is 6.92 Å². The molecule has 0 unspecified atom stereocenters. The summed E-state index contributed by atoms with van der Waals surface area (Å²) >= 11 is 0. The normalized spacial score (nSPS) is 10.2. The predicted molar refractivity (Wildman–Crippen MR) is 78.0 cm³/mol. The van der Waals surface area contributed by atoms with Crippen LogP contribution in [0.3, 0.4) is 0 Å². The van der Waals surface area contributed by atoms with Crippen LogP contribution >= 0.6 is 0 Å². The Bertz CT molecular complexity index is 593. The lowest BCUT2D eigenvalue weighted by molar-refractivity contribution is 0.0770. The summed E-state index contributed by atoms with van der Waals surface area (Å²) in [4.78, 5) is 17.7. The highest BCUT2D eigenvalue weighted by Gasteiger charge is 2.20. The summed E-state index contributed by atoms with van der Waals surface area (Å²) in [7, 11) is 3.02. The number of hydrogen-bond donors (Lipinski definition) is 0. The molecule has 0 aromatic heterocycles. The van der Waals surface area contributed by atoms with Crippen molar-refractivity contribution in [1.82, 2.24) is 0 Å². The first kappa shape index (κ1) is 14.1. The number of carbonyl (C=O) groups is 1. The van der Waals surface area contributed by atoms with Crippen LogP contribution in [-0.4, -0.2) is 20.1 Å². The van der Waals surface area contributed by atoms with Gasteiger partial charge in [-0.1, -0.05) is 29.8 Å². The second-order valence-electron chi connectivity index (χ2n) is 4.32. The zero-order valence-electron chi connectivity index (χ0n) is 11.8. The Hall–Kier alpha value is -2.33. The fourth-order valence-corrected chi connectivity index (χ4v) is 1.90. The Morgan fingerprint density at radius 3 is 2.25 bits per heavy atom. The maximum atomic E-state index is 12.5. The number of methoxy groups -OCH3 is 1. The number of carbonyl (C=O) groups excluding carboxylic acids is 1. The molecule has 0 heterocycles. The molecule has 0 N–H and O–H groups in total. The molecular formula is C16H17NO3. The molecule has 0 saturated carbocycles. The number of anilines is 1. The number of benzene rings is 2. The Labute approximate surface area is 118 Å². The van der Waals surface area contributed by atoms with Gasteiger partial charge in [-0.3, -0.25) is 9.63 Å². The summed E-state index contributed by atoms with van der Waals surface area (Å²) < 4.78 is 5.26. The van der Waals surface area contributed by atoms with Crippen molar-refractivity contribution in [2.24, 2.45) is 0 Å². The zero-order valence-corrected chi connectivity index (χ0v) is 11.8. The largest absolute Gasteiger partial charge is 0.494 e. The van der Waals surface area contributed by atoms with Crippen molar-refractivity contribution in [1.29, 1.82) is 0 Å². The highest BCUT2D eigenvalue weighted by Crippen LogP contribution is 2.28. The van der Waals surface area contributed by atoms with Crippen LogP contribution in [0.5, 0.6) is 5.75 Å². The third-order valence-electron chi connectivity index (χ3n) is 2.97. The summed E-state index contributed by atoms with van der Waals surface area (Å²) in [5.41, 5.74) is 2.23. The lowest BCUT2D eigenvalue weighted by atomic mass is 10.1. The molecule has 0 radical (unpaired) electrons. The van der Waals surface area contributed by atoms with Crippen molar-refractivity contribution in [3.8, 4) is 5.75 Å². The first-order valence-corrected chi connectivity index (χ1v) is 6.25. The molecule has 2 rings (SSSR count). The molecule has 0 aliphatic rings. The predicted octanol–water partition coefficient (Wildman–Crippen LogP) is 3.21. The second-order valence-corrected chi connectivity index (χ2v) is 4.32. The van der Waals surface area contributed by atoms with Crippen LogP contribution in [0, 0.1) is 6.92 Å². The molecule has 0 bridgehead atoms. The summed E-state index contributed by atoms with van der Waals surface area (Å²) in [6.45, 7) is 1.97. The molecule has 4 heteroatoms. The summed E-state index contributed by atoms with van der Waals surface area (Å²) in [5, 5.41) is 1.23. The molecule has 104 valence electrons. The Morgan fingerprint density at radius 1 is 1.00 bits per heavy atom. The fourth-order valence-electron chi connectivity index (χ4n) is 1.90. The summed E-state index contributed by atoms with van der Waals surface area (Å²) in [6, 6.07) is 14.6. The number of hydrogen-bond acceptors (Lipinski definition) is 3. The van der Waals surface area contributed by atoms with Crippen molar-refractivity contribution >= 4 is 11.6 Å². The average Bonchev–Trinajstić information content (AvgIpc) is 2.49. The molecule has 0 aliphatic heterocycles. The number of ether oxygens (including phenoxy) is 1. The Kier molecular flexibility index (Phi) is 4.38. The van der Waals surface area contributed by atoms with Gasteiger partial charge in [0, 0.05) is 5.56 Å². The Balaban J connectivity index is 2.36. The van der Waals surface area contributed by atoms with Crippen LogP contribution < -0.4 is 9.80 Å². The third-order valence-corrected chi connectivity index (χ3v) is 2.97. The maximum Gasteiger partial charge on any atom is 0.282 e. The van der Waals surface area contributed by atoms with E-state index in [1.807, 2.05) is 31.2 Å². The van der Waals surface area contributed by atoms with Crippen molar-refractivity contribution < 1.29 is 14.4 Å². The number of nitrogens with zero attached hydrogens (tertiary/aromatic N) is 1. The molecule has 0 spiro atoms. The lowest BCUT2D eigenvalue weighted by Gasteiger charge is -2.21. The van der Waals surface area contributed by atoms with Gasteiger partial charge in [0.2, 0.25) is 0 Å². The molecule has 20 heavy (non-hydrogen) atoms. The van der Waals surface area contributed by atoms with E-state index in [1.54, 1.807) is 31.4 Å². The average molecular weight is 271 g/mol. The number of rotatable bonds is 4. The highest BCUT2D eigenvalue weighted by atomic mass is 16.7. The minimum atomic E-state index is -0.239. The summed E-state index contributed by atoms with van der Waals surface area (Å²) in [6.07, 6.45) is 0. The first-order valence-electron chi connectivity index (χ1n) is 6.25. The molecule has 2 aromatic carbocycles. The molecule has 0 fully saturated rings. The van der Waals surface area contributed by atoms with E-state index in [2.05, 4.69) is 0 Å². The molecule has 1 amide bonds. The van der Waals surface area contributed by atoms with E-state index < -0.39 is 0 Å². The van der Waals surface area contributed by atoms with E-state index in [9.17, 15) is 4.79 Å². The van der Waals surface area contributed by atoms with E-state index in [0.717, 1.165) is 5.56 Å². The first-order chi connectivity index (χ1) is 9.67. The topological polar surface area (TPSA) is 38.8 Å². The maximum absolute atomic E-state index is 12.5. The number of hydroxylamine groups is 1. The number of para-hydroxylation sites is 2. The van der Waals surface area contributed by atoms with Crippen molar-refractivity contribution in [3.05, 3.63) is 59.7 Å². The SMILES string of the molecule is COc1ccccc1N(OC)C(=O)c1ccc(C)cc1. The van der Waals surface area contributed by atoms with Gasteiger partial charge in [-0.15, -0.1) is 0 Å². The van der Waals surface area contributed by atoms with Crippen LogP contribution in [0.2, 0.25) is 0 Å². The molecule has 0 atom stereocenters. The third kappa shape index (κ3) is 2.81. The summed E-state index contributed by atoms with van der Waals surface area (Å²) in [5.74, 6) is 0.340. The van der Waals surface area contributed by atoms with E-state index >= 15 is 0 Å². The monoisotopic (exact) mass is 271 g/mol. The van der Waals surface area contributed by atoms with E-state index in [4.69, 9.17) is 9.57 Å². The second kappa shape index (κ2) is 6.21. The van der Waals surface area contributed by atoms with Gasteiger partial charge in [-0.05, 0) is 31.2 Å². The van der Waals surface area contributed by atoms with Crippen LogP contribution in [0.15, 0.2) is 48.5 Å². The van der Waals surface area contributed by atoms with E-state index in [0.29, 0.717) is 17.0 Å². The van der Waals surface area contributed by atoms with E-state index in [1.165, 1.54) is 12.2 Å². The van der Waals surface area contributed by atoms with Crippen LogP contribution in [-0.2, 0) is 4.84 Å². The quantitative estimate of drug-likeness (QED) is 0.801. The minimum Gasteiger partial charge on any atom is -0.494 e. The molecule has 4 nitrogen and oxygen atoms in total. The fraction of sp³-hybridized carbons (Fsp3) is 0.188. The lowest BCUT2D eigenvalue weighted by Crippen LogP contribution is -2.30. The van der Waals surface area contributed by atoms with Gasteiger partial charge in [0.25, 0.3) is 5.91 Å². The van der Waals surface area contributed by atoms with Crippen LogP contribution in [0.4, 0.5) is 5.69 Å². The van der Waals surface area contributed by atoms with Gasteiger partial charge in [-0.25, -0.2) is 0 Å². The van der Waals surface area contributed by atoms with Gasteiger partial charge >= 0.3 is 0 Å². The van der Waals surface area contributed by atoms with Gasteiger partial charge in [0.05, 0.1) is 14.2 Å². The standard InChI is InChI=1S/C16H17NO3/c1-12-8-10-13(11-9-12)16(18)17(20-3)14-6-4-5-7-15(14)19-2/h4-11H,1-3H3. The molecule has 2 aromatic rings. The Morgan fingerprint density at radius 2 is 1.65 bits per heavy atom. The molecular weight excluding hydrogens is 254 g/mol. The number of amides is 1. The molecule has 0 aliphatic carbocycles. The van der Waals surface area contributed by atoms with Gasteiger partial charge in [0.15, 0.2) is 0 Å². The number of aryl methyl sites for hydroxylation is 1. The minimum absolute atomic E-state index is 0.239. The molecule has 0 saturated heterocycles. The van der Waals surface area contributed by atoms with Crippen molar-refractivity contribution in [2.75, 3.05) is 19.3 Å². The highest BCUT2D eigenvalue weighted by molar-refractivity contribution is 6.05. The smallest absolute Gasteiger partial charge is 0.282 e. The van der Waals surface area contributed by atoms with Gasteiger partial charge in [0.1, 0.15) is 11.4 Å². The van der Waals surface area contributed by atoms with Crippen LogP contribution in [0.25, 0.3) is 0 Å². The van der Waals surface area contributed by atoms with Gasteiger partial charge < -0.3 is 4.74 Å². The van der Waals surface area contributed by atoms with Gasteiger partial charge in [-0.2, -0.15) is 5.06 Å². The van der Waals surface area contributed by atoms with Crippen molar-refractivity contribution in [3.63, 3.8) is 0 Å². The van der Waals surface area contributed by atoms with Crippen LogP contribution in [0.1, 0.15) is 15.9 Å².